The number of fused-ring (bicyclic) bond motifs is 1. The lowest BCUT2D eigenvalue weighted by Gasteiger charge is -2.21. The maximum Gasteiger partial charge on any atom is 0.0492 e. The maximum atomic E-state index is 4.19. The molecule has 0 amide bonds. The van der Waals surface area contributed by atoms with Crippen LogP contribution in [0.15, 0.2) is 30.5 Å². The minimum atomic E-state index is 0.925. The third-order valence-corrected chi connectivity index (χ3v) is 3.96. The van der Waals surface area contributed by atoms with Gasteiger partial charge in [0.25, 0.3) is 0 Å². The number of hydrogen-bond acceptors (Lipinski definition) is 3. The Morgan fingerprint density at radius 2 is 2.30 bits per heavy atom. The second kappa shape index (κ2) is 6.09. The summed E-state index contributed by atoms with van der Waals surface area (Å²) in [5.74, 6) is 0. The van der Waals surface area contributed by atoms with Crippen molar-refractivity contribution in [2.75, 3.05) is 18.4 Å². The quantitative estimate of drug-likeness (QED) is 0.818. The summed E-state index contributed by atoms with van der Waals surface area (Å²) in [4.78, 5) is 0. The van der Waals surface area contributed by atoms with E-state index in [4.69, 9.17) is 0 Å². The van der Waals surface area contributed by atoms with Crippen LogP contribution in [-0.4, -0.2) is 22.9 Å². The maximum absolute atomic E-state index is 4.19. The topological polar surface area (TPSA) is 41.9 Å². The van der Waals surface area contributed by atoms with Gasteiger partial charge in [-0.3, -0.25) is 4.68 Å². The summed E-state index contributed by atoms with van der Waals surface area (Å²) in [7, 11) is 1.99. The highest BCUT2D eigenvalue weighted by Crippen LogP contribution is 2.25. The molecule has 1 aromatic heterocycles. The zero-order valence-electron chi connectivity index (χ0n) is 12.0. The summed E-state index contributed by atoms with van der Waals surface area (Å²) < 4.78 is 1.94. The van der Waals surface area contributed by atoms with E-state index in [1.54, 1.807) is 0 Å². The van der Waals surface area contributed by atoms with E-state index in [9.17, 15) is 0 Å². The zero-order valence-corrected chi connectivity index (χ0v) is 12.0. The molecule has 2 N–H and O–H groups in total. The summed E-state index contributed by atoms with van der Waals surface area (Å²) in [5, 5.41) is 11.3. The van der Waals surface area contributed by atoms with Crippen molar-refractivity contribution in [1.82, 2.24) is 15.1 Å². The number of para-hydroxylation sites is 1. The van der Waals surface area contributed by atoms with Gasteiger partial charge in [-0.15, -0.1) is 0 Å². The van der Waals surface area contributed by atoms with E-state index in [2.05, 4.69) is 40.0 Å². The van der Waals surface area contributed by atoms with Gasteiger partial charge < -0.3 is 10.6 Å². The Bertz CT molecular complexity index is 574. The van der Waals surface area contributed by atoms with Gasteiger partial charge in [-0.05, 0) is 30.0 Å². The number of anilines is 1. The number of aromatic nitrogens is 2. The molecular weight excluding hydrogens is 248 g/mol. The van der Waals surface area contributed by atoms with Gasteiger partial charge >= 0.3 is 0 Å². The Morgan fingerprint density at radius 1 is 1.35 bits per heavy atom. The van der Waals surface area contributed by atoms with Crippen molar-refractivity contribution in [3.8, 4) is 0 Å². The molecule has 2 heterocycles. The molecule has 106 valence electrons. The van der Waals surface area contributed by atoms with Crippen molar-refractivity contribution >= 4 is 5.69 Å². The Hall–Kier alpha value is -1.81. The molecule has 1 aromatic carbocycles. The minimum absolute atomic E-state index is 0.925. The molecule has 1 aliphatic rings. The fraction of sp³-hybridized carbons (Fsp3) is 0.438. The van der Waals surface area contributed by atoms with E-state index in [1.807, 2.05) is 17.9 Å². The standard InChI is InChI=1S/C16H22N4/c1-20-15(8-11-19-20)7-10-17-12-14-5-2-4-13-6-3-9-18-16(13)14/h2,4-5,8,11,17-18H,3,6-7,9-10,12H2,1H3. The van der Waals surface area contributed by atoms with Gasteiger partial charge in [0.15, 0.2) is 0 Å². The Labute approximate surface area is 120 Å². The van der Waals surface area contributed by atoms with Crippen LogP contribution in [0.1, 0.15) is 23.2 Å². The summed E-state index contributed by atoms with van der Waals surface area (Å²) in [6.45, 7) is 3.00. The first-order valence-electron chi connectivity index (χ1n) is 7.37. The molecule has 0 atom stereocenters. The molecule has 3 rings (SSSR count). The van der Waals surface area contributed by atoms with Crippen LogP contribution in [0.25, 0.3) is 0 Å². The molecule has 4 heteroatoms. The summed E-state index contributed by atoms with van der Waals surface area (Å²) >= 11 is 0. The van der Waals surface area contributed by atoms with Gasteiger partial charge in [-0.2, -0.15) is 5.10 Å². The molecule has 0 aliphatic carbocycles. The third-order valence-electron chi connectivity index (χ3n) is 3.96. The summed E-state index contributed by atoms with van der Waals surface area (Å²) in [5.41, 5.74) is 5.46. The van der Waals surface area contributed by atoms with Gasteiger partial charge in [0.05, 0.1) is 0 Å². The van der Waals surface area contributed by atoms with Gasteiger partial charge in [-0.25, -0.2) is 0 Å². The highest BCUT2D eigenvalue weighted by molar-refractivity contribution is 5.59. The van der Waals surface area contributed by atoms with Crippen LogP contribution in [0.4, 0.5) is 5.69 Å². The Balaban J connectivity index is 1.55. The summed E-state index contributed by atoms with van der Waals surface area (Å²) in [6, 6.07) is 8.70. The Morgan fingerprint density at radius 3 is 3.15 bits per heavy atom. The van der Waals surface area contributed by atoms with Crippen molar-refractivity contribution in [3.05, 3.63) is 47.3 Å². The minimum Gasteiger partial charge on any atom is -0.385 e. The normalized spacial score (nSPS) is 13.8. The van der Waals surface area contributed by atoms with Crippen molar-refractivity contribution < 1.29 is 0 Å². The number of hydrogen-bond donors (Lipinski definition) is 2. The largest absolute Gasteiger partial charge is 0.385 e. The molecule has 0 saturated carbocycles. The molecule has 0 unspecified atom stereocenters. The van der Waals surface area contributed by atoms with Gasteiger partial charge in [0.1, 0.15) is 0 Å². The van der Waals surface area contributed by atoms with Crippen molar-refractivity contribution in [2.24, 2.45) is 7.05 Å². The predicted molar refractivity (Wildman–Crippen MR) is 81.9 cm³/mol. The first-order valence-corrected chi connectivity index (χ1v) is 7.37. The predicted octanol–water partition coefficient (Wildman–Crippen LogP) is 2.11. The number of nitrogens with zero attached hydrogens (tertiary/aromatic N) is 2. The summed E-state index contributed by atoms with van der Waals surface area (Å²) in [6.07, 6.45) is 5.31. The monoisotopic (exact) mass is 270 g/mol. The van der Waals surface area contributed by atoms with Crippen molar-refractivity contribution in [2.45, 2.75) is 25.8 Å². The van der Waals surface area contributed by atoms with Crippen LogP contribution in [0.2, 0.25) is 0 Å². The fourth-order valence-corrected chi connectivity index (χ4v) is 2.81. The van der Waals surface area contributed by atoms with Gasteiger partial charge in [0, 0.05) is 50.7 Å². The van der Waals surface area contributed by atoms with Crippen LogP contribution >= 0.6 is 0 Å². The zero-order chi connectivity index (χ0) is 13.8. The van der Waals surface area contributed by atoms with Crippen LogP contribution in [0.5, 0.6) is 0 Å². The molecule has 0 spiro atoms. The second-order valence-electron chi connectivity index (χ2n) is 5.35. The highest BCUT2D eigenvalue weighted by atomic mass is 15.3. The third kappa shape index (κ3) is 2.85. The average Bonchev–Trinajstić information content (AvgIpc) is 2.89. The number of aryl methyl sites for hydroxylation is 2. The molecule has 0 saturated heterocycles. The molecule has 1 aliphatic heterocycles. The van der Waals surface area contributed by atoms with Crippen LogP contribution < -0.4 is 10.6 Å². The fourth-order valence-electron chi connectivity index (χ4n) is 2.81. The Kier molecular flexibility index (Phi) is 4.02. The molecule has 20 heavy (non-hydrogen) atoms. The lowest BCUT2D eigenvalue weighted by Crippen LogP contribution is -2.20. The van der Waals surface area contributed by atoms with Crippen LogP contribution in [-0.2, 0) is 26.4 Å². The first kappa shape index (κ1) is 13.2. The lowest BCUT2D eigenvalue weighted by atomic mass is 9.99. The lowest BCUT2D eigenvalue weighted by molar-refractivity contribution is 0.642. The van der Waals surface area contributed by atoms with E-state index in [0.717, 1.165) is 26.1 Å². The van der Waals surface area contributed by atoms with Crippen LogP contribution in [0, 0.1) is 0 Å². The van der Waals surface area contributed by atoms with E-state index in [1.165, 1.54) is 35.3 Å². The molecule has 0 bridgehead atoms. The number of nitrogens with one attached hydrogen (secondary N) is 2. The van der Waals surface area contributed by atoms with E-state index in [-0.39, 0.29) is 0 Å². The van der Waals surface area contributed by atoms with Crippen LogP contribution in [0.3, 0.4) is 0 Å². The molecule has 2 aromatic rings. The number of rotatable bonds is 5. The van der Waals surface area contributed by atoms with E-state index < -0.39 is 0 Å². The van der Waals surface area contributed by atoms with Gasteiger partial charge in [0.2, 0.25) is 0 Å². The SMILES string of the molecule is Cn1nccc1CCNCc1cccc2c1NCCC2. The molecule has 0 radical (unpaired) electrons. The molecule has 4 nitrogen and oxygen atoms in total. The number of benzene rings is 1. The van der Waals surface area contributed by atoms with Crippen molar-refractivity contribution in [1.29, 1.82) is 0 Å². The van der Waals surface area contributed by atoms with E-state index in [0.29, 0.717) is 0 Å². The van der Waals surface area contributed by atoms with Crippen molar-refractivity contribution in [3.63, 3.8) is 0 Å². The highest BCUT2D eigenvalue weighted by Gasteiger charge is 2.11. The van der Waals surface area contributed by atoms with E-state index >= 15 is 0 Å². The smallest absolute Gasteiger partial charge is 0.0492 e. The second-order valence-corrected chi connectivity index (χ2v) is 5.35. The average molecular weight is 270 g/mol. The molecule has 0 fully saturated rings. The molecular formula is C16H22N4. The first-order chi connectivity index (χ1) is 9.84. The van der Waals surface area contributed by atoms with Gasteiger partial charge in [-0.1, -0.05) is 18.2 Å².